The third-order valence-electron chi connectivity index (χ3n) is 2.72. The Kier molecular flexibility index (Phi) is 4.34. The van der Waals surface area contributed by atoms with Crippen molar-refractivity contribution in [1.82, 2.24) is 5.32 Å². The third kappa shape index (κ3) is 3.73. The molecule has 0 radical (unpaired) electrons. The minimum Gasteiger partial charge on any atom is -0.481 e. The average molecular weight is 211 g/mol. The number of amides is 1. The summed E-state index contributed by atoms with van der Waals surface area (Å²) in [5.41, 5.74) is 0. The van der Waals surface area contributed by atoms with Crippen molar-refractivity contribution in [3.8, 4) is 0 Å². The number of hydrogen-bond donors (Lipinski definition) is 2. The van der Waals surface area contributed by atoms with Gasteiger partial charge < -0.3 is 10.4 Å². The summed E-state index contributed by atoms with van der Waals surface area (Å²) in [6, 6.07) is 0.0448. The van der Waals surface area contributed by atoms with E-state index in [0.29, 0.717) is 25.7 Å². The maximum atomic E-state index is 11.3. The van der Waals surface area contributed by atoms with E-state index in [1.54, 1.807) is 6.08 Å². The van der Waals surface area contributed by atoms with Crippen LogP contribution in [0.2, 0.25) is 0 Å². The molecule has 15 heavy (non-hydrogen) atoms. The van der Waals surface area contributed by atoms with Gasteiger partial charge in [0.2, 0.25) is 5.91 Å². The van der Waals surface area contributed by atoms with Crippen molar-refractivity contribution < 1.29 is 14.7 Å². The first kappa shape index (κ1) is 11.8. The van der Waals surface area contributed by atoms with Crippen LogP contribution in [0.1, 0.15) is 32.1 Å². The van der Waals surface area contributed by atoms with Gasteiger partial charge in [0.1, 0.15) is 0 Å². The number of carbonyl (C=O) groups excluding carboxylic acids is 1. The SMILES string of the molecule is C=CCCC(=O)N[C@H]1CC[C@@H](C(=O)O)C1. The van der Waals surface area contributed by atoms with Crippen LogP contribution in [0.25, 0.3) is 0 Å². The highest BCUT2D eigenvalue weighted by molar-refractivity contribution is 5.76. The number of rotatable bonds is 5. The van der Waals surface area contributed by atoms with Crippen LogP contribution in [-0.2, 0) is 9.59 Å². The molecule has 1 fully saturated rings. The fourth-order valence-corrected chi connectivity index (χ4v) is 1.87. The normalized spacial score (nSPS) is 24.8. The molecular weight excluding hydrogens is 194 g/mol. The van der Waals surface area contributed by atoms with Crippen molar-refractivity contribution in [3.05, 3.63) is 12.7 Å². The summed E-state index contributed by atoms with van der Waals surface area (Å²) in [5.74, 6) is -1.04. The Bertz CT molecular complexity index is 263. The van der Waals surface area contributed by atoms with E-state index in [1.165, 1.54) is 0 Å². The molecule has 0 aliphatic heterocycles. The number of aliphatic carboxylic acids is 1. The Morgan fingerprint density at radius 3 is 2.73 bits per heavy atom. The second-order valence-electron chi connectivity index (χ2n) is 3.94. The summed E-state index contributed by atoms with van der Waals surface area (Å²) in [6.07, 6.45) is 4.82. The zero-order valence-electron chi connectivity index (χ0n) is 8.74. The van der Waals surface area contributed by atoms with Crippen molar-refractivity contribution in [2.45, 2.75) is 38.1 Å². The Balaban J connectivity index is 2.26. The van der Waals surface area contributed by atoms with Crippen LogP contribution in [0.3, 0.4) is 0 Å². The first-order chi connectivity index (χ1) is 7.13. The van der Waals surface area contributed by atoms with Crippen molar-refractivity contribution in [1.29, 1.82) is 0 Å². The Hall–Kier alpha value is -1.32. The molecule has 0 aromatic rings. The minimum absolute atomic E-state index is 0.00839. The van der Waals surface area contributed by atoms with Gasteiger partial charge in [0.25, 0.3) is 0 Å². The Morgan fingerprint density at radius 2 is 2.20 bits per heavy atom. The highest BCUT2D eigenvalue weighted by Crippen LogP contribution is 2.25. The zero-order chi connectivity index (χ0) is 11.3. The summed E-state index contributed by atoms with van der Waals surface area (Å²) < 4.78 is 0. The van der Waals surface area contributed by atoms with Crippen molar-refractivity contribution in [2.24, 2.45) is 5.92 Å². The predicted octanol–water partition coefficient (Wildman–Crippen LogP) is 1.32. The molecule has 1 aliphatic carbocycles. The van der Waals surface area contributed by atoms with Gasteiger partial charge in [-0.3, -0.25) is 9.59 Å². The zero-order valence-corrected chi connectivity index (χ0v) is 8.74. The second kappa shape index (κ2) is 5.53. The first-order valence-electron chi connectivity index (χ1n) is 5.26. The molecule has 4 heteroatoms. The monoisotopic (exact) mass is 211 g/mol. The number of carboxylic acid groups (broad SMARTS) is 1. The van der Waals surface area contributed by atoms with Gasteiger partial charge in [-0.2, -0.15) is 0 Å². The second-order valence-corrected chi connectivity index (χ2v) is 3.94. The lowest BCUT2D eigenvalue weighted by molar-refractivity contribution is -0.141. The fourth-order valence-electron chi connectivity index (χ4n) is 1.87. The van der Waals surface area contributed by atoms with Crippen molar-refractivity contribution in [3.63, 3.8) is 0 Å². The summed E-state index contributed by atoms with van der Waals surface area (Å²) in [6.45, 7) is 3.54. The van der Waals surface area contributed by atoms with E-state index in [1.807, 2.05) is 0 Å². The fraction of sp³-hybridized carbons (Fsp3) is 0.636. The van der Waals surface area contributed by atoms with Gasteiger partial charge in [0.15, 0.2) is 0 Å². The van der Waals surface area contributed by atoms with E-state index in [9.17, 15) is 9.59 Å². The maximum absolute atomic E-state index is 11.3. The van der Waals surface area contributed by atoms with Crippen LogP contribution in [0.4, 0.5) is 0 Å². The van der Waals surface area contributed by atoms with Crippen LogP contribution in [-0.4, -0.2) is 23.0 Å². The quantitative estimate of drug-likeness (QED) is 0.674. The highest BCUT2D eigenvalue weighted by atomic mass is 16.4. The Labute approximate surface area is 89.4 Å². The lowest BCUT2D eigenvalue weighted by Gasteiger charge is -2.11. The smallest absolute Gasteiger partial charge is 0.306 e. The molecule has 84 valence electrons. The lowest BCUT2D eigenvalue weighted by Crippen LogP contribution is -2.33. The van der Waals surface area contributed by atoms with E-state index in [-0.39, 0.29) is 17.9 Å². The van der Waals surface area contributed by atoms with E-state index in [2.05, 4.69) is 11.9 Å². The van der Waals surface area contributed by atoms with E-state index in [0.717, 1.165) is 6.42 Å². The van der Waals surface area contributed by atoms with Crippen LogP contribution >= 0.6 is 0 Å². The molecule has 0 aromatic carbocycles. The average Bonchev–Trinajstić information content (AvgIpc) is 2.63. The molecule has 0 heterocycles. The number of carbonyl (C=O) groups is 2. The van der Waals surface area contributed by atoms with Gasteiger partial charge in [-0.25, -0.2) is 0 Å². The van der Waals surface area contributed by atoms with Crippen LogP contribution in [0.5, 0.6) is 0 Å². The largest absolute Gasteiger partial charge is 0.481 e. The van der Waals surface area contributed by atoms with Gasteiger partial charge in [-0.1, -0.05) is 6.08 Å². The van der Waals surface area contributed by atoms with Gasteiger partial charge in [-0.15, -0.1) is 6.58 Å². The Morgan fingerprint density at radius 1 is 1.47 bits per heavy atom. The van der Waals surface area contributed by atoms with Crippen molar-refractivity contribution >= 4 is 11.9 Å². The van der Waals surface area contributed by atoms with E-state index >= 15 is 0 Å². The molecule has 2 atom stereocenters. The maximum Gasteiger partial charge on any atom is 0.306 e. The number of hydrogen-bond acceptors (Lipinski definition) is 2. The summed E-state index contributed by atoms with van der Waals surface area (Å²) in [7, 11) is 0. The van der Waals surface area contributed by atoms with Gasteiger partial charge >= 0.3 is 5.97 Å². The minimum atomic E-state index is -0.752. The molecule has 0 bridgehead atoms. The third-order valence-corrected chi connectivity index (χ3v) is 2.72. The molecule has 1 amide bonds. The predicted molar refractivity (Wildman–Crippen MR) is 56.3 cm³/mol. The molecule has 0 aromatic heterocycles. The van der Waals surface area contributed by atoms with Gasteiger partial charge in [-0.05, 0) is 25.7 Å². The molecule has 1 rings (SSSR count). The summed E-state index contributed by atoms with van der Waals surface area (Å²) in [4.78, 5) is 22.0. The molecule has 1 aliphatic rings. The van der Waals surface area contributed by atoms with E-state index < -0.39 is 5.97 Å². The van der Waals surface area contributed by atoms with E-state index in [4.69, 9.17) is 5.11 Å². The van der Waals surface area contributed by atoms with Gasteiger partial charge in [0.05, 0.1) is 5.92 Å². The molecule has 0 unspecified atom stereocenters. The topological polar surface area (TPSA) is 66.4 Å². The molecule has 1 saturated carbocycles. The molecule has 4 nitrogen and oxygen atoms in total. The standard InChI is InChI=1S/C11H17NO3/c1-2-3-4-10(13)12-9-6-5-8(7-9)11(14)15/h2,8-9H,1,3-7H2,(H,12,13)(H,14,15)/t8-,9+/m1/s1. The molecule has 2 N–H and O–H groups in total. The molecule has 0 spiro atoms. The number of nitrogens with one attached hydrogen (secondary N) is 1. The number of allylic oxidation sites excluding steroid dienone is 1. The first-order valence-corrected chi connectivity index (χ1v) is 5.26. The molecular formula is C11H17NO3. The summed E-state index contributed by atoms with van der Waals surface area (Å²) >= 11 is 0. The number of carboxylic acids is 1. The van der Waals surface area contributed by atoms with Crippen LogP contribution < -0.4 is 5.32 Å². The van der Waals surface area contributed by atoms with Crippen LogP contribution in [0, 0.1) is 5.92 Å². The summed E-state index contributed by atoms with van der Waals surface area (Å²) in [5, 5.41) is 11.6. The molecule has 0 saturated heterocycles. The van der Waals surface area contributed by atoms with Gasteiger partial charge in [0, 0.05) is 12.5 Å². The van der Waals surface area contributed by atoms with Crippen molar-refractivity contribution in [2.75, 3.05) is 0 Å². The lowest BCUT2D eigenvalue weighted by atomic mass is 10.1. The van der Waals surface area contributed by atoms with Crippen LogP contribution in [0.15, 0.2) is 12.7 Å². The highest BCUT2D eigenvalue weighted by Gasteiger charge is 2.30.